The number of benzene rings is 2. The summed E-state index contributed by atoms with van der Waals surface area (Å²) in [6.07, 6.45) is 3.51. The van der Waals surface area contributed by atoms with Crippen LogP contribution in [0.4, 0.5) is 5.69 Å². The summed E-state index contributed by atoms with van der Waals surface area (Å²) in [6, 6.07) is 14.1. The Morgan fingerprint density at radius 3 is 2.43 bits per heavy atom. The van der Waals surface area contributed by atoms with E-state index >= 15 is 0 Å². The lowest BCUT2D eigenvalue weighted by molar-refractivity contribution is -0.384. The van der Waals surface area contributed by atoms with Crippen LogP contribution in [0.3, 0.4) is 0 Å². The van der Waals surface area contributed by atoms with Gasteiger partial charge in [0, 0.05) is 40.8 Å². The fourth-order valence-electron chi connectivity index (χ4n) is 5.24. The maximum atomic E-state index is 13.5. The number of thioether (sulfide) groups is 1. The van der Waals surface area contributed by atoms with Crippen molar-refractivity contribution in [3.63, 3.8) is 0 Å². The highest BCUT2D eigenvalue weighted by Gasteiger charge is 2.38. The summed E-state index contributed by atoms with van der Waals surface area (Å²) in [5, 5.41) is 14.6. The lowest BCUT2D eigenvalue weighted by Crippen LogP contribution is -2.33. The molecule has 10 nitrogen and oxygen atoms in total. The average molecular weight is 625 g/mol. The van der Waals surface area contributed by atoms with E-state index in [1.165, 1.54) is 23.8 Å². The summed E-state index contributed by atoms with van der Waals surface area (Å²) < 4.78 is 22.6. The number of dihydropyridines is 1. The predicted octanol–water partition coefficient (Wildman–Crippen LogP) is 6.20. The third-order valence-corrected chi connectivity index (χ3v) is 8.27. The fourth-order valence-corrected chi connectivity index (χ4v) is 5.97. The zero-order chi connectivity index (χ0) is 31.6. The first-order chi connectivity index (χ1) is 21.1. The molecule has 2 unspecified atom stereocenters. The minimum atomic E-state index is -0.899. The van der Waals surface area contributed by atoms with Crippen LogP contribution >= 0.6 is 11.8 Å². The average Bonchev–Trinajstić information content (AvgIpc) is 2.99. The van der Waals surface area contributed by atoms with Gasteiger partial charge in [0.1, 0.15) is 6.61 Å². The van der Waals surface area contributed by atoms with Gasteiger partial charge in [-0.25, -0.2) is 9.59 Å². The summed E-state index contributed by atoms with van der Waals surface area (Å²) in [6.45, 7) is 8.41. The van der Waals surface area contributed by atoms with Crippen molar-refractivity contribution in [1.82, 2.24) is 5.32 Å². The van der Waals surface area contributed by atoms with Crippen LogP contribution in [0.15, 0.2) is 76.0 Å². The Kier molecular flexibility index (Phi) is 12.0. The molecule has 0 aromatic heterocycles. The van der Waals surface area contributed by atoms with Crippen LogP contribution in [-0.4, -0.2) is 54.8 Å². The lowest BCUT2D eigenvalue weighted by atomic mass is 9.80. The summed E-state index contributed by atoms with van der Waals surface area (Å²) in [5.74, 6) is -1.59. The maximum absolute atomic E-state index is 13.5. The van der Waals surface area contributed by atoms with Crippen LogP contribution in [0.25, 0.3) is 0 Å². The largest absolute Gasteiger partial charge is 0.461 e. The van der Waals surface area contributed by atoms with Gasteiger partial charge in [-0.1, -0.05) is 24.3 Å². The van der Waals surface area contributed by atoms with Gasteiger partial charge in [0.25, 0.3) is 5.69 Å². The number of nitrogens with one attached hydrogen (secondary N) is 1. The topological polar surface area (TPSA) is 126 Å². The Morgan fingerprint density at radius 2 is 1.77 bits per heavy atom. The Balaban J connectivity index is 1.38. The molecule has 2 aromatic carbocycles. The van der Waals surface area contributed by atoms with E-state index in [2.05, 4.69) is 17.4 Å². The zero-order valence-electron chi connectivity index (χ0n) is 25.6. The van der Waals surface area contributed by atoms with Crippen LogP contribution < -0.4 is 5.32 Å². The van der Waals surface area contributed by atoms with E-state index in [9.17, 15) is 19.7 Å². The van der Waals surface area contributed by atoms with Gasteiger partial charge in [0.2, 0.25) is 0 Å². The smallest absolute Gasteiger partial charge is 0.337 e. The number of nitrogens with zero attached hydrogens (tertiary/aromatic N) is 1. The molecule has 1 fully saturated rings. The molecule has 2 aliphatic rings. The summed E-state index contributed by atoms with van der Waals surface area (Å²) >= 11 is 1.56. The van der Waals surface area contributed by atoms with Gasteiger partial charge in [-0.15, -0.1) is 11.8 Å². The number of nitro groups is 1. The number of carbonyl (C=O) groups excluding carboxylic acids is 2. The van der Waals surface area contributed by atoms with Gasteiger partial charge in [-0.2, -0.15) is 0 Å². The molecular weight excluding hydrogens is 584 g/mol. The first kappa shape index (κ1) is 33.2. The zero-order valence-corrected chi connectivity index (χ0v) is 26.4. The van der Waals surface area contributed by atoms with Crippen molar-refractivity contribution in [2.45, 2.75) is 76.6 Å². The van der Waals surface area contributed by atoms with Crippen LogP contribution in [-0.2, 0) is 35.0 Å². The molecule has 0 aliphatic carbocycles. The predicted molar refractivity (Wildman–Crippen MR) is 167 cm³/mol. The number of esters is 2. The highest BCUT2D eigenvalue weighted by Crippen LogP contribution is 2.40. The second kappa shape index (κ2) is 15.9. The molecule has 4 rings (SSSR count). The van der Waals surface area contributed by atoms with Crippen molar-refractivity contribution in [1.29, 1.82) is 0 Å². The lowest BCUT2D eigenvalue weighted by Gasteiger charge is -2.30. The van der Waals surface area contributed by atoms with Crippen LogP contribution in [0.2, 0.25) is 0 Å². The second-order valence-electron chi connectivity index (χ2n) is 11.0. The normalized spacial score (nSPS) is 18.7. The molecular formula is C33H40N2O8S. The monoisotopic (exact) mass is 624 g/mol. The maximum Gasteiger partial charge on any atom is 0.337 e. The number of rotatable bonds is 13. The molecule has 1 saturated heterocycles. The number of allylic oxidation sites excluding steroid dienone is 2. The van der Waals surface area contributed by atoms with E-state index < -0.39 is 28.9 Å². The molecule has 1 N–H and O–H groups in total. The summed E-state index contributed by atoms with van der Waals surface area (Å²) in [4.78, 5) is 38.8. The molecule has 0 spiro atoms. The molecule has 0 amide bonds. The van der Waals surface area contributed by atoms with Crippen molar-refractivity contribution >= 4 is 29.4 Å². The van der Waals surface area contributed by atoms with Gasteiger partial charge >= 0.3 is 11.9 Å². The minimum absolute atomic E-state index is 0.0905. The SMILES string of the molecule is CC1=C(C(=O)OCCSc2ccc(CCOC3CCCCO3)cc2)C(c2cccc([N+](=O)[O-])c2)C(C(=O)OC(C)C)=C(C)N1. The highest BCUT2D eigenvalue weighted by molar-refractivity contribution is 7.99. The van der Waals surface area contributed by atoms with Gasteiger partial charge in [0.15, 0.2) is 6.29 Å². The van der Waals surface area contributed by atoms with Gasteiger partial charge in [-0.05, 0) is 76.6 Å². The van der Waals surface area contributed by atoms with Crippen molar-refractivity contribution < 1.29 is 33.5 Å². The molecule has 236 valence electrons. The van der Waals surface area contributed by atoms with E-state index in [0.29, 0.717) is 29.3 Å². The number of carbonyl (C=O) groups is 2. The Morgan fingerprint density at radius 1 is 1.05 bits per heavy atom. The van der Waals surface area contributed by atoms with Crippen LogP contribution in [0, 0.1) is 10.1 Å². The summed E-state index contributed by atoms with van der Waals surface area (Å²) in [7, 11) is 0. The van der Waals surface area contributed by atoms with Crippen molar-refractivity contribution in [3.8, 4) is 0 Å². The molecule has 11 heteroatoms. The van der Waals surface area contributed by atoms with Crippen molar-refractivity contribution in [3.05, 3.63) is 92.3 Å². The molecule has 2 heterocycles. The number of nitro benzene ring substituents is 1. The Bertz CT molecular complexity index is 1400. The number of ether oxygens (including phenoxy) is 4. The molecule has 0 bridgehead atoms. The van der Waals surface area contributed by atoms with Gasteiger partial charge in [0.05, 0.1) is 34.7 Å². The molecule has 44 heavy (non-hydrogen) atoms. The second-order valence-corrected chi connectivity index (χ2v) is 12.2. The van der Waals surface area contributed by atoms with Crippen LogP contribution in [0.5, 0.6) is 0 Å². The Hall–Kier alpha value is -3.67. The van der Waals surface area contributed by atoms with Gasteiger partial charge in [-0.3, -0.25) is 10.1 Å². The number of hydrogen-bond donors (Lipinski definition) is 1. The van der Waals surface area contributed by atoms with E-state index in [0.717, 1.165) is 37.2 Å². The van der Waals surface area contributed by atoms with Gasteiger partial charge < -0.3 is 24.3 Å². The van der Waals surface area contributed by atoms with E-state index in [1.54, 1.807) is 45.5 Å². The number of hydrogen-bond acceptors (Lipinski definition) is 10. The van der Waals surface area contributed by atoms with E-state index in [4.69, 9.17) is 18.9 Å². The van der Waals surface area contributed by atoms with Crippen LogP contribution in [0.1, 0.15) is 64.0 Å². The third kappa shape index (κ3) is 8.93. The van der Waals surface area contributed by atoms with E-state index in [-0.39, 0.29) is 29.7 Å². The molecule has 2 atom stereocenters. The third-order valence-electron chi connectivity index (χ3n) is 7.30. The Labute approximate surface area is 262 Å². The quantitative estimate of drug-likeness (QED) is 0.0905. The van der Waals surface area contributed by atoms with E-state index in [1.807, 2.05) is 12.1 Å². The first-order valence-electron chi connectivity index (χ1n) is 14.9. The molecule has 0 saturated carbocycles. The fraction of sp³-hybridized carbons (Fsp3) is 0.455. The minimum Gasteiger partial charge on any atom is -0.461 e. The molecule has 2 aliphatic heterocycles. The van der Waals surface area contributed by atoms with Crippen molar-refractivity contribution in [2.75, 3.05) is 25.6 Å². The highest BCUT2D eigenvalue weighted by atomic mass is 32.2. The molecule has 0 radical (unpaired) electrons. The summed E-state index contributed by atoms with van der Waals surface area (Å²) in [5.41, 5.74) is 2.89. The molecule has 2 aromatic rings. The van der Waals surface area contributed by atoms with Crippen molar-refractivity contribution in [2.24, 2.45) is 0 Å². The standard InChI is InChI=1S/C33H40N2O8S/c1-21(2)43-33(37)30-23(4)34-22(3)29(31(30)25-8-7-9-26(20-25)35(38)39)32(36)42-18-19-44-27-13-11-24(12-14-27)15-17-41-28-10-5-6-16-40-28/h7-9,11-14,20-21,28,31,34H,5-6,10,15-19H2,1-4H3. The first-order valence-corrected chi connectivity index (χ1v) is 15.9. The number of non-ortho nitro benzene ring substituents is 1.